The zero-order valence-electron chi connectivity index (χ0n) is 9.81. The van der Waals surface area contributed by atoms with E-state index in [9.17, 15) is 18.0 Å². The number of fused-ring (bicyclic) bond motifs is 1. The van der Waals surface area contributed by atoms with Gasteiger partial charge in [0, 0.05) is 31.7 Å². The minimum Gasteiger partial charge on any atom is -0.355 e. The van der Waals surface area contributed by atoms with Crippen molar-refractivity contribution in [2.24, 2.45) is 11.8 Å². The second-order valence-electron chi connectivity index (χ2n) is 4.76. The average Bonchev–Trinajstić information content (AvgIpc) is 2.91. The summed E-state index contributed by atoms with van der Waals surface area (Å²) in [4.78, 5) is 20.5. The van der Waals surface area contributed by atoms with Crippen LogP contribution < -0.4 is 10.2 Å². The molecule has 0 bridgehead atoms. The van der Waals surface area contributed by atoms with Crippen LogP contribution in [0.25, 0.3) is 0 Å². The highest BCUT2D eigenvalue weighted by Crippen LogP contribution is 2.32. The maximum Gasteiger partial charge on any atom is 0.433 e. The Kier molecular flexibility index (Phi) is 2.61. The van der Waals surface area contributed by atoms with E-state index < -0.39 is 11.9 Å². The number of hydrogen-bond donors (Lipinski definition) is 1. The van der Waals surface area contributed by atoms with Gasteiger partial charge in [-0.05, 0) is 6.07 Å². The number of nitrogens with zero attached hydrogens (tertiary/aromatic N) is 3. The van der Waals surface area contributed by atoms with Crippen LogP contribution in [-0.4, -0.2) is 35.5 Å². The Morgan fingerprint density at radius 1 is 1.37 bits per heavy atom. The lowest BCUT2D eigenvalue weighted by atomic mass is 10.0. The van der Waals surface area contributed by atoms with Gasteiger partial charge in [-0.2, -0.15) is 13.2 Å². The molecule has 1 aromatic rings. The Labute approximate surface area is 106 Å². The number of carbonyl (C=O) groups excluding carboxylic acids is 1. The molecule has 0 radical (unpaired) electrons. The summed E-state index contributed by atoms with van der Waals surface area (Å²) in [6.45, 7) is 1.45. The van der Waals surface area contributed by atoms with E-state index in [0.717, 1.165) is 12.3 Å². The molecule has 19 heavy (non-hydrogen) atoms. The number of rotatable bonds is 1. The number of hydrogen-bond acceptors (Lipinski definition) is 4. The third kappa shape index (κ3) is 2.11. The molecule has 1 amide bonds. The summed E-state index contributed by atoms with van der Waals surface area (Å²) in [5.74, 6) is -0.0414. The molecule has 8 heteroatoms. The van der Waals surface area contributed by atoms with Crippen LogP contribution in [-0.2, 0) is 11.0 Å². The molecular weight excluding hydrogens is 261 g/mol. The highest BCUT2D eigenvalue weighted by atomic mass is 19.4. The summed E-state index contributed by atoms with van der Waals surface area (Å²) in [5.41, 5.74) is -0.959. The molecule has 1 N–H and O–H groups in total. The fourth-order valence-electron chi connectivity index (χ4n) is 2.56. The zero-order valence-corrected chi connectivity index (χ0v) is 9.81. The van der Waals surface area contributed by atoms with E-state index in [-0.39, 0.29) is 23.7 Å². The van der Waals surface area contributed by atoms with Gasteiger partial charge in [-0.15, -0.1) is 0 Å². The van der Waals surface area contributed by atoms with Crippen LogP contribution in [0, 0.1) is 11.8 Å². The summed E-state index contributed by atoms with van der Waals surface area (Å²) >= 11 is 0. The lowest BCUT2D eigenvalue weighted by molar-refractivity contribution is -0.141. The molecule has 3 heterocycles. The number of carbonyl (C=O) groups is 1. The van der Waals surface area contributed by atoms with Crippen LogP contribution in [0.4, 0.5) is 19.1 Å². The monoisotopic (exact) mass is 272 g/mol. The molecule has 0 unspecified atom stereocenters. The van der Waals surface area contributed by atoms with Crippen LogP contribution in [0.1, 0.15) is 5.69 Å². The van der Waals surface area contributed by atoms with Crippen molar-refractivity contribution in [3.63, 3.8) is 0 Å². The molecule has 102 valence electrons. The molecule has 3 rings (SSSR count). The first-order valence-electron chi connectivity index (χ1n) is 5.88. The molecule has 2 aliphatic rings. The second kappa shape index (κ2) is 4.07. The minimum atomic E-state index is -4.48. The summed E-state index contributed by atoms with van der Waals surface area (Å²) < 4.78 is 37.7. The van der Waals surface area contributed by atoms with Crippen LogP contribution in [0.15, 0.2) is 12.3 Å². The number of aromatic nitrogens is 2. The number of amides is 1. The SMILES string of the molecule is O=C1NC[C@H]2CN(c3nccc(C(F)(F)F)n3)C[C@@H]12. The number of alkyl halides is 3. The lowest BCUT2D eigenvalue weighted by Gasteiger charge is -2.18. The molecule has 2 saturated heterocycles. The minimum absolute atomic E-state index is 0.0389. The van der Waals surface area contributed by atoms with Gasteiger partial charge in [0.15, 0.2) is 0 Å². The van der Waals surface area contributed by atoms with Crippen molar-refractivity contribution in [1.82, 2.24) is 15.3 Å². The Balaban J connectivity index is 1.83. The van der Waals surface area contributed by atoms with Gasteiger partial charge in [0.1, 0.15) is 5.69 Å². The van der Waals surface area contributed by atoms with Crippen LogP contribution in [0.5, 0.6) is 0 Å². The summed E-state index contributed by atoms with van der Waals surface area (Å²) in [7, 11) is 0. The predicted molar refractivity (Wildman–Crippen MR) is 59.2 cm³/mol. The van der Waals surface area contributed by atoms with E-state index in [4.69, 9.17) is 0 Å². The Bertz CT molecular complexity index is 519. The molecule has 0 saturated carbocycles. The molecular formula is C11H11F3N4O. The maximum atomic E-state index is 12.6. The van der Waals surface area contributed by atoms with E-state index in [1.165, 1.54) is 0 Å². The van der Waals surface area contributed by atoms with Gasteiger partial charge in [-0.1, -0.05) is 0 Å². The van der Waals surface area contributed by atoms with Crippen LogP contribution in [0.2, 0.25) is 0 Å². The molecule has 2 fully saturated rings. The number of halogens is 3. The van der Waals surface area contributed by atoms with Crippen molar-refractivity contribution >= 4 is 11.9 Å². The van der Waals surface area contributed by atoms with E-state index in [1.54, 1.807) is 4.90 Å². The molecule has 0 spiro atoms. The Morgan fingerprint density at radius 3 is 2.84 bits per heavy atom. The normalized spacial score (nSPS) is 26.5. The fourth-order valence-corrected chi connectivity index (χ4v) is 2.56. The lowest BCUT2D eigenvalue weighted by Crippen LogP contribution is -2.30. The standard InChI is InChI=1S/C11H11F3N4O/c12-11(13,14)8-1-2-15-10(17-8)18-4-6-3-16-9(19)7(6)5-18/h1-2,6-7H,3-5H2,(H,16,19)/t6-,7+/m0/s1. The van der Waals surface area contributed by atoms with Crippen LogP contribution in [0.3, 0.4) is 0 Å². The van der Waals surface area contributed by atoms with Gasteiger partial charge in [0.25, 0.3) is 0 Å². The van der Waals surface area contributed by atoms with E-state index >= 15 is 0 Å². The van der Waals surface area contributed by atoms with E-state index in [0.29, 0.717) is 19.6 Å². The van der Waals surface area contributed by atoms with Crippen molar-refractivity contribution < 1.29 is 18.0 Å². The zero-order chi connectivity index (χ0) is 13.6. The highest BCUT2D eigenvalue weighted by molar-refractivity contribution is 5.82. The summed E-state index contributed by atoms with van der Waals surface area (Å²) in [6, 6.07) is 0.840. The van der Waals surface area contributed by atoms with Gasteiger partial charge >= 0.3 is 6.18 Å². The van der Waals surface area contributed by atoms with Gasteiger partial charge in [0.05, 0.1) is 5.92 Å². The van der Waals surface area contributed by atoms with Crippen molar-refractivity contribution in [1.29, 1.82) is 0 Å². The molecule has 2 atom stereocenters. The third-order valence-electron chi connectivity index (χ3n) is 3.53. The Hall–Kier alpha value is -1.86. The average molecular weight is 272 g/mol. The molecule has 0 aliphatic carbocycles. The van der Waals surface area contributed by atoms with Crippen molar-refractivity contribution in [2.75, 3.05) is 24.5 Å². The van der Waals surface area contributed by atoms with E-state index in [1.807, 2.05) is 0 Å². The van der Waals surface area contributed by atoms with Gasteiger partial charge in [0.2, 0.25) is 11.9 Å². The van der Waals surface area contributed by atoms with Crippen molar-refractivity contribution in [3.8, 4) is 0 Å². The largest absolute Gasteiger partial charge is 0.433 e. The van der Waals surface area contributed by atoms with Crippen molar-refractivity contribution in [2.45, 2.75) is 6.18 Å². The first-order chi connectivity index (χ1) is 8.95. The van der Waals surface area contributed by atoms with Crippen molar-refractivity contribution in [3.05, 3.63) is 18.0 Å². The highest BCUT2D eigenvalue weighted by Gasteiger charge is 2.43. The summed E-state index contributed by atoms with van der Waals surface area (Å²) in [5, 5.41) is 2.74. The van der Waals surface area contributed by atoms with E-state index in [2.05, 4.69) is 15.3 Å². The third-order valence-corrected chi connectivity index (χ3v) is 3.53. The van der Waals surface area contributed by atoms with Crippen LogP contribution >= 0.6 is 0 Å². The first kappa shape index (κ1) is 12.2. The molecule has 2 aliphatic heterocycles. The maximum absolute atomic E-state index is 12.6. The van der Waals surface area contributed by atoms with Gasteiger partial charge in [-0.3, -0.25) is 4.79 Å². The fraction of sp³-hybridized carbons (Fsp3) is 0.545. The quantitative estimate of drug-likeness (QED) is 0.816. The molecule has 0 aromatic carbocycles. The topological polar surface area (TPSA) is 58.1 Å². The first-order valence-corrected chi connectivity index (χ1v) is 5.88. The van der Waals surface area contributed by atoms with Gasteiger partial charge < -0.3 is 10.2 Å². The molecule has 1 aromatic heterocycles. The summed E-state index contributed by atoms with van der Waals surface area (Å²) in [6.07, 6.45) is -3.38. The number of nitrogens with one attached hydrogen (secondary N) is 1. The number of anilines is 1. The Morgan fingerprint density at radius 2 is 2.16 bits per heavy atom. The predicted octanol–water partition coefficient (Wildman–Crippen LogP) is 0.678. The molecule has 5 nitrogen and oxygen atoms in total. The second-order valence-corrected chi connectivity index (χ2v) is 4.76. The smallest absolute Gasteiger partial charge is 0.355 e. The van der Waals surface area contributed by atoms with Gasteiger partial charge in [-0.25, -0.2) is 9.97 Å².